The molecule has 0 N–H and O–H groups in total. The van der Waals surface area contributed by atoms with Crippen LogP contribution in [0, 0.1) is 22.7 Å². The molecule has 0 amide bonds. The van der Waals surface area contributed by atoms with Crippen LogP contribution in [0.25, 0.3) is 0 Å². The highest BCUT2D eigenvalue weighted by molar-refractivity contribution is 7.16. The van der Waals surface area contributed by atoms with Gasteiger partial charge in [0.05, 0.1) is 5.56 Å². The minimum Gasteiger partial charge on any atom is -0.490 e. The van der Waals surface area contributed by atoms with Crippen LogP contribution in [0.5, 0.6) is 5.75 Å². The first-order valence-corrected chi connectivity index (χ1v) is 10.2. The molecule has 0 saturated heterocycles. The van der Waals surface area contributed by atoms with Crippen LogP contribution in [0.2, 0.25) is 0 Å². The molecule has 0 fully saturated rings. The van der Waals surface area contributed by atoms with E-state index < -0.39 is 0 Å². The highest BCUT2D eigenvalue weighted by Gasteiger charge is 2.32. The Bertz CT molecular complexity index is 879. The van der Waals surface area contributed by atoms with Crippen LogP contribution in [0.15, 0.2) is 41.9 Å². The molecular formula is C23H26N2OS. The lowest BCUT2D eigenvalue weighted by atomic mass is 9.72. The molecule has 1 aliphatic rings. The van der Waals surface area contributed by atoms with Gasteiger partial charge in [-0.2, -0.15) is 5.26 Å². The number of ether oxygens (including phenoxy) is 1. The summed E-state index contributed by atoms with van der Waals surface area (Å²) in [7, 11) is 0. The standard InChI is InChI=1S/C23H26N2OS/c1-5-12-26-18-9-6-16(7-10-18)15-25-22-20(14-24)19-11-8-17(23(2,3)4)13-21(19)27-22/h5-7,9-10,15,17H,1,8,11-13H2,2-4H3/t17-/m0/s1. The normalized spacial score (nSPS) is 16.7. The highest BCUT2D eigenvalue weighted by atomic mass is 32.1. The van der Waals surface area contributed by atoms with E-state index >= 15 is 0 Å². The molecule has 1 aromatic heterocycles. The summed E-state index contributed by atoms with van der Waals surface area (Å²) in [6, 6.07) is 10.2. The summed E-state index contributed by atoms with van der Waals surface area (Å²) in [5.74, 6) is 1.47. The Labute approximate surface area is 166 Å². The lowest BCUT2D eigenvalue weighted by molar-refractivity contribution is 0.218. The fraction of sp³-hybridized carbons (Fsp3) is 0.391. The van der Waals surface area contributed by atoms with Gasteiger partial charge in [0.2, 0.25) is 0 Å². The number of benzene rings is 1. The Morgan fingerprint density at radius 1 is 1.33 bits per heavy atom. The number of aliphatic imine (C=N–C) groups is 1. The molecule has 0 radical (unpaired) electrons. The number of hydrogen-bond donors (Lipinski definition) is 0. The number of fused-ring (bicyclic) bond motifs is 1. The van der Waals surface area contributed by atoms with Crippen LogP contribution in [-0.4, -0.2) is 12.8 Å². The average Bonchev–Trinajstić information content (AvgIpc) is 3.01. The van der Waals surface area contributed by atoms with Gasteiger partial charge in [-0.25, -0.2) is 4.99 Å². The summed E-state index contributed by atoms with van der Waals surface area (Å²) in [4.78, 5) is 5.99. The van der Waals surface area contributed by atoms with Crippen molar-refractivity contribution >= 4 is 22.6 Å². The van der Waals surface area contributed by atoms with Gasteiger partial charge in [0.15, 0.2) is 0 Å². The second-order valence-electron chi connectivity index (χ2n) is 8.03. The molecule has 0 saturated carbocycles. The maximum atomic E-state index is 9.66. The number of hydrogen-bond acceptors (Lipinski definition) is 4. The van der Waals surface area contributed by atoms with E-state index in [2.05, 4.69) is 38.4 Å². The van der Waals surface area contributed by atoms with Gasteiger partial charge in [0.25, 0.3) is 0 Å². The average molecular weight is 379 g/mol. The first-order valence-electron chi connectivity index (χ1n) is 9.35. The monoisotopic (exact) mass is 378 g/mol. The van der Waals surface area contributed by atoms with Gasteiger partial charge in [-0.1, -0.05) is 33.4 Å². The highest BCUT2D eigenvalue weighted by Crippen LogP contribution is 2.44. The zero-order valence-corrected chi connectivity index (χ0v) is 17.1. The zero-order chi connectivity index (χ0) is 19.4. The Balaban J connectivity index is 1.80. The largest absolute Gasteiger partial charge is 0.490 e. The Kier molecular flexibility index (Phi) is 5.82. The zero-order valence-electron chi connectivity index (χ0n) is 16.3. The molecule has 27 heavy (non-hydrogen) atoms. The predicted octanol–water partition coefficient (Wildman–Crippen LogP) is 6.09. The summed E-state index contributed by atoms with van der Waals surface area (Å²) in [5, 5.41) is 10.5. The van der Waals surface area contributed by atoms with Crippen molar-refractivity contribution in [3.63, 3.8) is 0 Å². The van der Waals surface area contributed by atoms with Crippen LogP contribution in [0.1, 0.15) is 48.8 Å². The molecule has 3 nitrogen and oxygen atoms in total. The van der Waals surface area contributed by atoms with Gasteiger partial charge in [-0.15, -0.1) is 11.3 Å². The van der Waals surface area contributed by atoms with Crippen LogP contribution >= 0.6 is 11.3 Å². The van der Waals surface area contributed by atoms with Crippen molar-refractivity contribution in [1.29, 1.82) is 5.26 Å². The SMILES string of the molecule is C=CCOc1ccc(C=Nc2sc3c(c2C#N)CC[C@H](C(C)(C)C)C3)cc1. The van der Waals surface area contributed by atoms with Gasteiger partial charge in [-0.05, 0) is 66.0 Å². The Morgan fingerprint density at radius 3 is 2.70 bits per heavy atom. The summed E-state index contributed by atoms with van der Waals surface area (Å²) in [6.07, 6.45) is 6.75. The Morgan fingerprint density at radius 2 is 2.07 bits per heavy atom. The summed E-state index contributed by atoms with van der Waals surface area (Å²) < 4.78 is 5.50. The quantitative estimate of drug-likeness (QED) is 0.467. The predicted molar refractivity (Wildman–Crippen MR) is 113 cm³/mol. The third kappa shape index (κ3) is 4.48. The summed E-state index contributed by atoms with van der Waals surface area (Å²) in [5.41, 5.74) is 3.28. The van der Waals surface area contributed by atoms with Crippen molar-refractivity contribution in [1.82, 2.24) is 0 Å². The van der Waals surface area contributed by atoms with Gasteiger partial charge in [0.1, 0.15) is 23.4 Å². The van der Waals surface area contributed by atoms with Crippen molar-refractivity contribution < 1.29 is 4.74 Å². The molecule has 0 spiro atoms. The van der Waals surface area contributed by atoms with Crippen molar-refractivity contribution in [2.75, 3.05) is 6.61 Å². The minimum absolute atomic E-state index is 0.299. The molecule has 2 aromatic rings. The van der Waals surface area contributed by atoms with Crippen LogP contribution in [0.4, 0.5) is 5.00 Å². The second-order valence-corrected chi connectivity index (χ2v) is 9.11. The molecule has 0 unspecified atom stereocenters. The third-order valence-corrected chi connectivity index (χ3v) is 6.32. The van der Waals surface area contributed by atoms with E-state index in [9.17, 15) is 5.26 Å². The number of nitrogens with zero attached hydrogens (tertiary/aromatic N) is 2. The lowest BCUT2D eigenvalue weighted by Crippen LogP contribution is -2.26. The fourth-order valence-electron chi connectivity index (χ4n) is 3.46. The summed E-state index contributed by atoms with van der Waals surface area (Å²) in [6.45, 7) is 11.1. The van der Waals surface area contributed by atoms with Crippen LogP contribution in [-0.2, 0) is 12.8 Å². The topological polar surface area (TPSA) is 45.4 Å². The van der Waals surface area contributed by atoms with Gasteiger partial charge < -0.3 is 4.74 Å². The molecule has 1 aromatic carbocycles. The lowest BCUT2D eigenvalue weighted by Gasteiger charge is -2.33. The maximum Gasteiger partial charge on any atom is 0.134 e. The molecule has 0 aliphatic heterocycles. The number of thiophene rings is 1. The molecule has 1 atom stereocenters. The molecule has 0 bridgehead atoms. The van der Waals surface area contributed by atoms with Crippen molar-refractivity contribution in [2.24, 2.45) is 16.3 Å². The van der Waals surface area contributed by atoms with E-state index in [0.717, 1.165) is 41.1 Å². The van der Waals surface area contributed by atoms with Gasteiger partial charge in [-0.3, -0.25) is 0 Å². The third-order valence-electron chi connectivity index (χ3n) is 5.16. The second kappa shape index (κ2) is 8.10. The van der Waals surface area contributed by atoms with E-state index in [1.54, 1.807) is 17.4 Å². The first-order chi connectivity index (χ1) is 12.9. The van der Waals surface area contributed by atoms with Crippen LogP contribution < -0.4 is 4.74 Å². The molecule has 1 aliphatic carbocycles. The molecule has 1 heterocycles. The minimum atomic E-state index is 0.299. The van der Waals surface area contributed by atoms with Gasteiger partial charge >= 0.3 is 0 Å². The molecular weight excluding hydrogens is 352 g/mol. The van der Waals surface area contributed by atoms with E-state index in [4.69, 9.17) is 4.74 Å². The molecule has 4 heteroatoms. The smallest absolute Gasteiger partial charge is 0.134 e. The Hall–Kier alpha value is -2.38. The molecule has 140 valence electrons. The molecule has 3 rings (SSSR count). The summed E-state index contributed by atoms with van der Waals surface area (Å²) >= 11 is 1.68. The number of rotatable bonds is 5. The maximum absolute atomic E-state index is 9.66. The van der Waals surface area contributed by atoms with E-state index in [1.807, 2.05) is 30.5 Å². The van der Waals surface area contributed by atoms with E-state index in [0.29, 0.717) is 17.9 Å². The number of nitriles is 1. The van der Waals surface area contributed by atoms with E-state index in [-0.39, 0.29) is 0 Å². The van der Waals surface area contributed by atoms with Crippen molar-refractivity contribution in [2.45, 2.75) is 40.0 Å². The van der Waals surface area contributed by atoms with Crippen molar-refractivity contribution in [3.05, 3.63) is 58.5 Å². The fourth-order valence-corrected chi connectivity index (χ4v) is 4.68. The first kappa shape index (κ1) is 19.4. The van der Waals surface area contributed by atoms with Crippen molar-refractivity contribution in [3.8, 4) is 11.8 Å². The van der Waals surface area contributed by atoms with E-state index in [1.165, 1.54) is 10.4 Å². The van der Waals surface area contributed by atoms with Crippen LogP contribution in [0.3, 0.4) is 0 Å². The van der Waals surface area contributed by atoms with Gasteiger partial charge in [0, 0.05) is 11.1 Å².